The highest BCUT2D eigenvalue weighted by molar-refractivity contribution is 5.66. The second-order valence-corrected chi connectivity index (χ2v) is 3.86. The highest BCUT2D eigenvalue weighted by Gasteiger charge is 1.98. The Bertz CT molecular complexity index is 299. The Hall–Kier alpha value is -1.52. The quantitative estimate of drug-likeness (QED) is 0.707. The zero-order valence-electron chi connectivity index (χ0n) is 10.4. The van der Waals surface area contributed by atoms with E-state index in [1.54, 1.807) is 13.1 Å². The fourth-order valence-electron chi connectivity index (χ4n) is 1.56. The predicted molar refractivity (Wildman–Crippen MR) is 65.7 cm³/mol. The van der Waals surface area contributed by atoms with E-state index in [0.717, 1.165) is 25.8 Å². The predicted octanol–water partition coefficient (Wildman–Crippen LogP) is 2.19. The van der Waals surface area contributed by atoms with E-state index in [1.807, 2.05) is 12.5 Å². The van der Waals surface area contributed by atoms with Crippen molar-refractivity contribution in [3.63, 3.8) is 0 Å². The van der Waals surface area contributed by atoms with Crippen molar-refractivity contribution in [2.75, 3.05) is 13.2 Å². The molecule has 0 radical (unpaired) electrons. The Kier molecular flexibility index (Phi) is 6.86. The van der Waals surface area contributed by atoms with Crippen molar-refractivity contribution in [2.24, 2.45) is 0 Å². The zero-order valence-corrected chi connectivity index (χ0v) is 10.4. The van der Waals surface area contributed by atoms with E-state index in [1.165, 1.54) is 6.42 Å². The van der Waals surface area contributed by atoms with Gasteiger partial charge in [-0.05, 0) is 19.8 Å². The smallest absolute Gasteiger partial charge is 0.407 e. The van der Waals surface area contributed by atoms with Crippen LogP contribution in [0.2, 0.25) is 0 Å². The highest BCUT2D eigenvalue weighted by Crippen LogP contribution is 2.01. The van der Waals surface area contributed by atoms with Crippen LogP contribution in [0.25, 0.3) is 0 Å². The molecule has 1 aromatic heterocycles. The molecule has 0 aliphatic rings. The fraction of sp³-hybridized carbons (Fsp3) is 0.667. The van der Waals surface area contributed by atoms with Crippen molar-refractivity contribution in [1.82, 2.24) is 14.9 Å². The van der Waals surface area contributed by atoms with Crippen molar-refractivity contribution in [1.29, 1.82) is 0 Å². The monoisotopic (exact) mass is 239 g/mol. The summed E-state index contributed by atoms with van der Waals surface area (Å²) >= 11 is 0. The van der Waals surface area contributed by atoms with Crippen LogP contribution < -0.4 is 5.32 Å². The number of unbranched alkanes of at least 4 members (excludes halogenated alkanes) is 3. The third-order valence-electron chi connectivity index (χ3n) is 2.45. The van der Waals surface area contributed by atoms with E-state index in [4.69, 9.17) is 4.74 Å². The second-order valence-electron chi connectivity index (χ2n) is 3.86. The summed E-state index contributed by atoms with van der Waals surface area (Å²) in [6, 6.07) is 0. The third-order valence-corrected chi connectivity index (χ3v) is 2.45. The molecule has 0 bridgehead atoms. The van der Waals surface area contributed by atoms with Crippen LogP contribution >= 0.6 is 0 Å². The van der Waals surface area contributed by atoms with Gasteiger partial charge in [0.2, 0.25) is 0 Å². The Morgan fingerprint density at radius 2 is 2.18 bits per heavy atom. The Labute approximate surface area is 102 Å². The number of hydrogen-bond acceptors (Lipinski definition) is 3. The SMILES string of the molecule is CCOC(=O)NCCCCCCn1ccnc1. The molecule has 0 saturated carbocycles. The van der Waals surface area contributed by atoms with Gasteiger partial charge in [0.05, 0.1) is 12.9 Å². The number of amides is 1. The molecule has 0 fully saturated rings. The van der Waals surface area contributed by atoms with Gasteiger partial charge in [-0.25, -0.2) is 9.78 Å². The van der Waals surface area contributed by atoms with Crippen LogP contribution in [0.15, 0.2) is 18.7 Å². The lowest BCUT2D eigenvalue weighted by Gasteiger charge is -2.05. The number of carbonyl (C=O) groups is 1. The molecule has 1 N–H and O–H groups in total. The second kappa shape index (κ2) is 8.61. The summed E-state index contributed by atoms with van der Waals surface area (Å²) in [6.45, 7) is 3.95. The average molecular weight is 239 g/mol. The van der Waals surface area contributed by atoms with E-state index in [2.05, 4.69) is 14.9 Å². The maximum atomic E-state index is 10.9. The molecule has 0 atom stereocenters. The van der Waals surface area contributed by atoms with Crippen LogP contribution in [-0.2, 0) is 11.3 Å². The minimum Gasteiger partial charge on any atom is -0.450 e. The van der Waals surface area contributed by atoms with Gasteiger partial charge in [-0.2, -0.15) is 0 Å². The number of nitrogens with zero attached hydrogens (tertiary/aromatic N) is 2. The normalized spacial score (nSPS) is 10.2. The number of aromatic nitrogens is 2. The van der Waals surface area contributed by atoms with Gasteiger partial charge in [-0.1, -0.05) is 12.8 Å². The van der Waals surface area contributed by atoms with Gasteiger partial charge in [-0.15, -0.1) is 0 Å². The number of hydrogen-bond donors (Lipinski definition) is 1. The molecular weight excluding hydrogens is 218 g/mol. The molecule has 1 aromatic rings. The first-order valence-electron chi connectivity index (χ1n) is 6.19. The van der Waals surface area contributed by atoms with E-state index in [0.29, 0.717) is 13.2 Å². The van der Waals surface area contributed by atoms with Gasteiger partial charge in [0.15, 0.2) is 0 Å². The summed E-state index contributed by atoms with van der Waals surface area (Å²) < 4.78 is 6.84. The Morgan fingerprint density at radius 1 is 1.35 bits per heavy atom. The zero-order chi connectivity index (χ0) is 12.3. The first kappa shape index (κ1) is 13.5. The van der Waals surface area contributed by atoms with Gasteiger partial charge in [-0.3, -0.25) is 0 Å². The minimum absolute atomic E-state index is 0.314. The number of alkyl carbamates (subject to hydrolysis) is 1. The third kappa shape index (κ3) is 6.60. The van der Waals surface area contributed by atoms with Crippen molar-refractivity contribution >= 4 is 6.09 Å². The largest absolute Gasteiger partial charge is 0.450 e. The molecule has 0 aromatic carbocycles. The molecule has 0 aliphatic carbocycles. The van der Waals surface area contributed by atoms with Crippen LogP contribution in [-0.4, -0.2) is 28.8 Å². The molecule has 1 amide bonds. The number of nitrogens with one attached hydrogen (secondary N) is 1. The van der Waals surface area contributed by atoms with E-state index >= 15 is 0 Å². The van der Waals surface area contributed by atoms with Gasteiger partial charge in [0.25, 0.3) is 0 Å². The van der Waals surface area contributed by atoms with Crippen molar-refractivity contribution in [2.45, 2.75) is 39.2 Å². The maximum Gasteiger partial charge on any atom is 0.407 e. The van der Waals surface area contributed by atoms with E-state index < -0.39 is 0 Å². The van der Waals surface area contributed by atoms with Gasteiger partial charge in [0, 0.05) is 25.5 Å². The Balaban J connectivity index is 1.86. The van der Waals surface area contributed by atoms with Crippen molar-refractivity contribution in [3.05, 3.63) is 18.7 Å². The number of rotatable bonds is 8. The summed E-state index contributed by atoms with van der Waals surface area (Å²) in [5.41, 5.74) is 0. The van der Waals surface area contributed by atoms with Crippen LogP contribution in [0, 0.1) is 0 Å². The molecule has 96 valence electrons. The molecule has 17 heavy (non-hydrogen) atoms. The first-order valence-corrected chi connectivity index (χ1v) is 6.19. The van der Waals surface area contributed by atoms with Crippen LogP contribution in [0.4, 0.5) is 4.79 Å². The highest BCUT2D eigenvalue weighted by atomic mass is 16.5. The van der Waals surface area contributed by atoms with Gasteiger partial charge < -0.3 is 14.6 Å². The first-order chi connectivity index (χ1) is 8.33. The number of ether oxygens (including phenoxy) is 1. The maximum absolute atomic E-state index is 10.9. The molecule has 0 saturated heterocycles. The van der Waals surface area contributed by atoms with Gasteiger partial charge >= 0.3 is 6.09 Å². The van der Waals surface area contributed by atoms with Crippen molar-refractivity contribution < 1.29 is 9.53 Å². The lowest BCUT2D eigenvalue weighted by Crippen LogP contribution is -2.25. The molecule has 0 spiro atoms. The molecule has 5 heteroatoms. The fourth-order valence-corrected chi connectivity index (χ4v) is 1.56. The topological polar surface area (TPSA) is 56.1 Å². The van der Waals surface area contributed by atoms with Gasteiger partial charge in [0.1, 0.15) is 0 Å². The molecule has 1 heterocycles. The standard InChI is InChI=1S/C12H21N3O2/c1-2-17-12(16)14-7-5-3-4-6-9-15-10-8-13-11-15/h8,10-11H,2-7,9H2,1H3,(H,14,16). The molecular formula is C12H21N3O2. The molecule has 0 aliphatic heterocycles. The summed E-state index contributed by atoms with van der Waals surface area (Å²) in [7, 11) is 0. The summed E-state index contributed by atoms with van der Waals surface area (Å²) in [4.78, 5) is 14.9. The minimum atomic E-state index is -0.314. The Morgan fingerprint density at radius 3 is 2.88 bits per heavy atom. The van der Waals surface area contributed by atoms with E-state index in [-0.39, 0.29) is 6.09 Å². The molecule has 5 nitrogen and oxygen atoms in total. The number of aryl methyl sites for hydroxylation is 1. The summed E-state index contributed by atoms with van der Waals surface area (Å²) in [5.74, 6) is 0. The van der Waals surface area contributed by atoms with Crippen LogP contribution in [0.5, 0.6) is 0 Å². The van der Waals surface area contributed by atoms with Crippen molar-refractivity contribution in [3.8, 4) is 0 Å². The van der Waals surface area contributed by atoms with Crippen LogP contribution in [0.3, 0.4) is 0 Å². The van der Waals surface area contributed by atoms with E-state index in [9.17, 15) is 4.79 Å². The average Bonchev–Trinajstić information content (AvgIpc) is 2.81. The summed E-state index contributed by atoms with van der Waals surface area (Å²) in [6.07, 6.45) is 9.74. The van der Waals surface area contributed by atoms with Crippen LogP contribution in [0.1, 0.15) is 32.6 Å². The lowest BCUT2D eigenvalue weighted by atomic mass is 10.2. The lowest BCUT2D eigenvalue weighted by molar-refractivity contribution is 0.152. The molecule has 1 rings (SSSR count). The molecule has 0 unspecified atom stereocenters. The number of carbonyl (C=O) groups excluding carboxylic acids is 1. The number of imidazole rings is 1. The summed E-state index contributed by atoms with van der Waals surface area (Å²) in [5, 5.41) is 2.71.